The van der Waals surface area contributed by atoms with Gasteiger partial charge in [-0.3, -0.25) is 9.13 Å². The molecule has 0 saturated carbocycles. The Morgan fingerprint density at radius 1 is 0.213 bits per heavy atom. The zero-order valence-corrected chi connectivity index (χ0v) is 63.7. The highest BCUT2D eigenvalue weighted by Gasteiger charge is 2.47. The Bertz CT molecular complexity index is 5850. The predicted molar refractivity (Wildman–Crippen MR) is 463 cm³/mol. The van der Waals surface area contributed by atoms with Gasteiger partial charge in [0.2, 0.25) is 5.95 Å². The first-order valence-electron chi connectivity index (χ1n) is 37.7. The Labute approximate surface area is 635 Å². The van der Waals surface area contributed by atoms with Crippen LogP contribution in [-0.2, 0) is 10.8 Å². The monoisotopic (exact) mass is 1420 g/mol. The van der Waals surface area contributed by atoms with Gasteiger partial charge >= 0.3 is 0 Å². The topological polar surface area (TPSA) is 35.6 Å². The van der Waals surface area contributed by atoms with E-state index in [2.05, 4.69) is 439 Å². The van der Waals surface area contributed by atoms with Gasteiger partial charge in [-0.05, 0) is 144 Å². The highest BCUT2D eigenvalue weighted by atomic mass is 28.3. The van der Waals surface area contributed by atoms with Crippen molar-refractivity contribution in [3.8, 4) is 67.5 Å². The third-order valence-electron chi connectivity index (χ3n) is 22.3. The maximum Gasteiger partial charge on any atom is 0.237 e. The predicted octanol–water partition coefficient (Wildman–Crippen LogP) is 20.4. The number of nitrogens with zero attached hydrogens (tertiary/aromatic N) is 4. The molecule has 0 fully saturated rings. The van der Waals surface area contributed by atoms with Gasteiger partial charge < -0.3 is 0 Å². The van der Waals surface area contributed by atoms with E-state index in [0.717, 1.165) is 94.4 Å². The summed E-state index contributed by atoms with van der Waals surface area (Å²) < 4.78 is 4.74. The molecule has 18 rings (SSSR count). The van der Waals surface area contributed by atoms with Gasteiger partial charge in [0.25, 0.3) is 0 Å². The summed E-state index contributed by atoms with van der Waals surface area (Å²) in [6, 6.07) is 147. The maximum atomic E-state index is 6.18. The van der Waals surface area contributed by atoms with Crippen LogP contribution in [-0.4, -0.2) is 35.2 Å². The van der Waals surface area contributed by atoms with E-state index in [4.69, 9.17) is 9.97 Å². The van der Waals surface area contributed by atoms with Gasteiger partial charge in [0, 0.05) is 33.2 Å². The molecule has 18 aromatic rings. The molecule has 0 unspecified atom stereocenters. The van der Waals surface area contributed by atoms with E-state index in [9.17, 15) is 0 Å². The minimum absolute atomic E-state index is 0.104. The van der Waals surface area contributed by atoms with Crippen LogP contribution in [0.2, 0.25) is 0 Å². The summed E-state index contributed by atoms with van der Waals surface area (Å²) in [4.78, 5) is 12.2. The number of fused-ring (bicyclic) bond motifs is 6. The van der Waals surface area contributed by atoms with E-state index in [1.165, 1.54) is 63.4 Å². The summed E-state index contributed by atoms with van der Waals surface area (Å²) in [5.74, 6) is 1.35. The van der Waals surface area contributed by atoms with Gasteiger partial charge in [0.15, 0.2) is 16.1 Å². The smallest absolute Gasteiger partial charge is 0.237 e. The van der Waals surface area contributed by atoms with E-state index in [0.29, 0.717) is 5.95 Å². The van der Waals surface area contributed by atoms with Gasteiger partial charge in [-0.15, -0.1) is 0 Å². The Morgan fingerprint density at radius 3 is 0.861 bits per heavy atom. The molecule has 15 aromatic carbocycles. The summed E-state index contributed by atoms with van der Waals surface area (Å²) in [6.45, 7) is 13.9. The van der Waals surface area contributed by atoms with Crippen molar-refractivity contribution < 1.29 is 0 Å². The average molecular weight is 1420 g/mol. The van der Waals surface area contributed by atoms with E-state index in [1.807, 2.05) is 0 Å². The summed E-state index contributed by atoms with van der Waals surface area (Å²) in [7, 11) is -7.37. The van der Waals surface area contributed by atoms with Crippen LogP contribution in [0.5, 0.6) is 0 Å². The Morgan fingerprint density at radius 2 is 0.509 bits per heavy atom. The normalized spacial score (nSPS) is 12.2. The average Bonchev–Trinajstić information content (AvgIpc) is 1.09. The molecule has 0 aliphatic carbocycles. The molecule has 0 bridgehead atoms. The number of hydrogen-bond donors (Lipinski definition) is 0. The minimum Gasteiger partial charge on any atom is -0.294 e. The minimum atomic E-state index is -3.68. The van der Waals surface area contributed by atoms with Crippen LogP contribution in [0.15, 0.2) is 388 Å². The van der Waals surface area contributed by atoms with Crippen molar-refractivity contribution in [2.75, 3.05) is 0 Å². The maximum absolute atomic E-state index is 6.18. The third kappa shape index (κ3) is 11.9. The summed E-state index contributed by atoms with van der Waals surface area (Å²) in [6.07, 6.45) is 0. The first-order chi connectivity index (χ1) is 52.8. The fourth-order valence-electron chi connectivity index (χ4n) is 17.0. The molecule has 3 heterocycles. The van der Waals surface area contributed by atoms with Crippen molar-refractivity contribution in [2.45, 2.75) is 52.4 Å². The quantitative estimate of drug-likeness (QED) is 0.0757. The van der Waals surface area contributed by atoms with Crippen LogP contribution in [0.4, 0.5) is 0 Å². The number of aromatic nitrogens is 4. The molecule has 0 radical (unpaired) electrons. The van der Waals surface area contributed by atoms with Crippen molar-refractivity contribution in [3.05, 3.63) is 399 Å². The summed E-state index contributed by atoms with van der Waals surface area (Å²) >= 11 is 0. The Balaban J connectivity index is 1.05. The van der Waals surface area contributed by atoms with Gasteiger partial charge in [0.05, 0.1) is 27.8 Å². The van der Waals surface area contributed by atoms with Gasteiger partial charge in [-0.2, -0.15) is 4.98 Å². The van der Waals surface area contributed by atoms with Crippen molar-refractivity contribution in [2.24, 2.45) is 0 Å². The Hall–Kier alpha value is -12.6. The van der Waals surface area contributed by atoms with Crippen LogP contribution in [0.3, 0.4) is 0 Å². The Kier molecular flexibility index (Phi) is 17.1. The van der Waals surface area contributed by atoms with Crippen molar-refractivity contribution in [1.82, 2.24) is 19.1 Å². The molecule has 0 amide bonds. The molecule has 0 spiro atoms. The molecular weight excluding hydrogens is 1340 g/mol. The lowest BCUT2D eigenvalue weighted by Crippen LogP contribution is -2.78. The first kappa shape index (κ1) is 67.3. The second kappa shape index (κ2) is 27.4. The molecular formula is C102H82N4Si2. The van der Waals surface area contributed by atoms with E-state index in [1.54, 1.807) is 0 Å². The van der Waals surface area contributed by atoms with Crippen LogP contribution >= 0.6 is 0 Å². The number of benzene rings is 15. The van der Waals surface area contributed by atoms with E-state index < -0.39 is 16.1 Å². The molecule has 0 aliphatic rings. The standard InChI is InChI=1S/C102H82N4Si2/c1-101(2,3)80-57-59-97-92(67-80)93-68-81(102(4,5)6)58-60-98(93)105(97)99-70-94(103-100(104-99)106-95-55-27-25-53-90(95)91-54-26-28-56-96(91)106)79-65-88(107(82-45-21-11-22-46-82,84-49-29-41-75(61-84)71-33-13-7-14-34-71)85-50-30-42-76(62-85)72-35-15-8-16-36-72)69-89(66-79)108(83-47-23-12-24-48-83,86-51-31-43-77(63-86)73-37-17-9-18-38-73)87-52-32-44-78(64-87)74-39-19-10-20-40-74/h7-70H,1-6H3. The molecule has 0 aliphatic heterocycles. The molecule has 108 heavy (non-hydrogen) atoms. The van der Waals surface area contributed by atoms with Crippen LogP contribution in [0.25, 0.3) is 111 Å². The largest absolute Gasteiger partial charge is 0.294 e. The molecule has 4 nitrogen and oxygen atoms in total. The van der Waals surface area contributed by atoms with Crippen molar-refractivity contribution >= 4 is 101 Å². The first-order valence-corrected chi connectivity index (χ1v) is 41.7. The third-order valence-corrected chi connectivity index (χ3v) is 31.7. The lowest BCUT2D eigenvalue weighted by Gasteiger charge is -2.39. The fraction of sp³-hybridized carbons (Fsp3) is 0.0784. The van der Waals surface area contributed by atoms with E-state index in [-0.39, 0.29) is 10.8 Å². The second-order valence-corrected chi connectivity index (χ2v) is 38.5. The summed E-state index contributed by atoms with van der Waals surface area (Å²) in [5, 5.41) is 14.7. The zero-order chi connectivity index (χ0) is 73.1. The second-order valence-electron chi connectivity index (χ2n) is 30.9. The molecule has 0 atom stereocenters. The van der Waals surface area contributed by atoms with Gasteiger partial charge in [0.1, 0.15) is 5.82 Å². The molecule has 6 heteroatoms. The van der Waals surface area contributed by atoms with Crippen LogP contribution < -0.4 is 41.5 Å². The lowest BCUT2D eigenvalue weighted by atomic mass is 9.85. The fourth-order valence-corrected chi connectivity index (χ4v) is 26.9. The molecule has 3 aromatic heterocycles. The van der Waals surface area contributed by atoms with Crippen molar-refractivity contribution in [1.29, 1.82) is 0 Å². The highest BCUT2D eigenvalue weighted by molar-refractivity contribution is 7.22. The van der Waals surface area contributed by atoms with Crippen LogP contribution in [0, 0.1) is 0 Å². The summed E-state index contributed by atoms with van der Waals surface area (Å²) in [5.41, 5.74) is 17.6. The zero-order valence-electron chi connectivity index (χ0n) is 61.7. The number of para-hydroxylation sites is 2. The number of hydrogen-bond acceptors (Lipinski definition) is 2. The lowest BCUT2D eigenvalue weighted by molar-refractivity contribution is 0.590. The molecule has 518 valence electrons. The SMILES string of the molecule is CC(C)(C)c1ccc2c(c1)c1cc(C(C)(C)C)ccc1n2-c1cc(-c2cc([Si](c3ccccc3)(c3cccc(-c4ccccc4)c3)c3cccc(-c4ccccc4)c3)cc([Si](c3ccccc3)(c3cccc(-c4ccccc4)c3)c3cccc(-c4ccccc4)c3)c2)nc(-n2c3ccccc3c3ccccc32)n1. The van der Waals surface area contributed by atoms with E-state index >= 15 is 0 Å². The molecule has 0 N–H and O–H groups in total. The number of rotatable bonds is 15. The van der Waals surface area contributed by atoms with Gasteiger partial charge in [-0.1, -0.05) is 387 Å². The highest BCUT2D eigenvalue weighted by Crippen LogP contribution is 2.40. The van der Waals surface area contributed by atoms with Crippen LogP contribution in [0.1, 0.15) is 52.7 Å². The van der Waals surface area contributed by atoms with Crippen molar-refractivity contribution in [3.63, 3.8) is 0 Å². The van der Waals surface area contributed by atoms with Gasteiger partial charge in [-0.25, -0.2) is 4.98 Å². The molecule has 0 saturated heterocycles.